The zero-order valence-electron chi connectivity index (χ0n) is 14.9. The molecule has 1 amide bonds. The van der Waals surface area contributed by atoms with Gasteiger partial charge in [0.2, 0.25) is 5.91 Å². The van der Waals surface area contributed by atoms with Gasteiger partial charge in [0.15, 0.2) is 11.5 Å². The minimum absolute atomic E-state index is 0.171. The van der Waals surface area contributed by atoms with Gasteiger partial charge in [0.1, 0.15) is 0 Å². The van der Waals surface area contributed by atoms with E-state index in [1.54, 1.807) is 19.4 Å². The zero-order chi connectivity index (χ0) is 18.1. The molecule has 0 aliphatic carbocycles. The molecule has 1 aromatic carbocycles. The summed E-state index contributed by atoms with van der Waals surface area (Å²) >= 11 is 0. The highest BCUT2D eigenvalue weighted by Gasteiger charge is 2.05. The van der Waals surface area contributed by atoms with Gasteiger partial charge >= 0.3 is 0 Å². The standard InChI is InChI=1S/C20H24N2O3/c1-4-12-25-18-9-7-16(13-19(18)24-3)8-10-20(23)22-14-17-15(2)6-5-11-21-17/h5-11,13H,4,12,14H2,1-3H3,(H,22,23). The van der Waals surface area contributed by atoms with Crippen LogP contribution in [-0.2, 0) is 11.3 Å². The van der Waals surface area contributed by atoms with Gasteiger partial charge in [-0.1, -0.05) is 19.1 Å². The summed E-state index contributed by atoms with van der Waals surface area (Å²) in [5, 5.41) is 2.83. The predicted molar refractivity (Wildman–Crippen MR) is 98.6 cm³/mol. The molecule has 0 radical (unpaired) electrons. The highest BCUT2D eigenvalue weighted by Crippen LogP contribution is 2.28. The van der Waals surface area contributed by atoms with Crippen molar-refractivity contribution >= 4 is 12.0 Å². The molecule has 0 unspecified atom stereocenters. The number of benzene rings is 1. The Morgan fingerprint density at radius 2 is 2.12 bits per heavy atom. The van der Waals surface area contributed by atoms with E-state index in [9.17, 15) is 4.79 Å². The number of hydrogen-bond acceptors (Lipinski definition) is 4. The first-order chi connectivity index (χ1) is 12.1. The molecule has 0 saturated carbocycles. The molecule has 0 saturated heterocycles. The van der Waals surface area contributed by atoms with Gasteiger partial charge in [0.25, 0.3) is 0 Å². The van der Waals surface area contributed by atoms with E-state index in [4.69, 9.17) is 9.47 Å². The summed E-state index contributed by atoms with van der Waals surface area (Å²) in [4.78, 5) is 16.2. The second-order valence-corrected chi connectivity index (χ2v) is 5.58. The minimum Gasteiger partial charge on any atom is -0.493 e. The van der Waals surface area contributed by atoms with E-state index < -0.39 is 0 Å². The van der Waals surface area contributed by atoms with Crippen LogP contribution < -0.4 is 14.8 Å². The summed E-state index contributed by atoms with van der Waals surface area (Å²) in [7, 11) is 1.60. The molecule has 1 aromatic heterocycles. The molecule has 25 heavy (non-hydrogen) atoms. The summed E-state index contributed by atoms with van der Waals surface area (Å²) in [6.07, 6.45) is 5.89. The van der Waals surface area contributed by atoms with Crippen LogP contribution >= 0.6 is 0 Å². The van der Waals surface area contributed by atoms with Crippen LogP contribution in [0.1, 0.15) is 30.2 Å². The van der Waals surface area contributed by atoms with Gasteiger partial charge in [0.05, 0.1) is 26.0 Å². The van der Waals surface area contributed by atoms with Crippen LogP contribution in [0.2, 0.25) is 0 Å². The Balaban J connectivity index is 1.96. The van der Waals surface area contributed by atoms with Crippen LogP contribution in [0.25, 0.3) is 6.08 Å². The summed E-state index contributed by atoms with van der Waals surface area (Å²) in [5.41, 5.74) is 2.78. The number of carbonyl (C=O) groups excluding carboxylic acids is 1. The van der Waals surface area contributed by atoms with Crippen molar-refractivity contribution < 1.29 is 14.3 Å². The zero-order valence-corrected chi connectivity index (χ0v) is 14.9. The molecule has 0 aliphatic rings. The van der Waals surface area contributed by atoms with E-state index >= 15 is 0 Å². The number of aryl methyl sites for hydroxylation is 1. The lowest BCUT2D eigenvalue weighted by atomic mass is 10.2. The van der Waals surface area contributed by atoms with Crippen molar-refractivity contribution in [2.24, 2.45) is 0 Å². The van der Waals surface area contributed by atoms with Crippen LogP contribution in [0.4, 0.5) is 0 Å². The number of aromatic nitrogens is 1. The number of methoxy groups -OCH3 is 1. The van der Waals surface area contributed by atoms with Gasteiger partial charge in [-0.25, -0.2) is 0 Å². The summed E-state index contributed by atoms with van der Waals surface area (Å²) in [5.74, 6) is 1.19. The quantitative estimate of drug-likeness (QED) is 0.747. The Hall–Kier alpha value is -2.82. The van der Waals surface area contributed by atoms with Gasteiger partial charge in [-0.05, 0) is 48.7 Å². The van der Waals surface area contributed by atoms with Crippen LogP contribution in [-0.4, -0.2) is 24.6 Å². The van der Waals surface area contributed by atoms with Crippen LogP contribution in [0, 0.1) is 6.92 Å². The van der Waals surface area contributed by atoms with Gasteiger partial charge in [-0.3, -0.25) is 9.78 Å². The molecule has 1 N–H and O–H groups in total. The highest BCUT2D eigenvalue weighted by molar-refractivity contribution is 5.91. The van der Waals surface area contributed by atoms with Crippen molar-refractivity contribution in [1.29, 1.82) is 0 Å². The maximum atomic E-state index is 12.0. The lowest BCUT2D eigenvalue weighted by Crippen LogP contribution is -2.21. The normalized spacial score (nSPS) is 10.7. The van der Waals surface area contributed by atoms with Crippen LogP contribution in [0.15, 0.2) is 42.6 Å². The maximum Gasteiger partial charge on any atom is 0.244 e. The van der Waals surface area contributed by atoms with Crippen LogP contribution in [0.3, 0.4) is 0 Å². The molecular weight excluding hydrogens is 316 g/mol. The van der Waals surface area contributed by atoms with E-state index in [-0.39, 0.29) is 5.91 Å². The summed E-state index contributed by atoms with van der Waals surface area (Å²) < 4.78 is 11.0. The smallest absolute Gasteiger partial charge is 0.244 e. The van der Waals surface area contributed by atoms with Crippen molar-refractivity contribution in [2.45, 2.75) is 26.8 Å². The van der Waals surface area contributed by atoms with Gasteiger partial charge in [-0.15, -0.1) is 0 Å². The van der Waals surface area contributed by atoms with E-state index in [0.717, 1.165) is 23.2 Å². The Kier molecular flexibility index (Phi) is 7.01. The average molecular weight is 340 g/mol. The van der Waals surface area contributed by atoms with Gasteiger partial charge in [0, 0.05) is 12.3 Å². The van der Waals surface area contributed by atoms with Crippen molar-refractivity contribution in [2.75, 3.05) is 13.7 Å². The molecule has 0 fully saturated rings. The third-order valence-electron chi connectivity index (χ3n) is 3.62. The largest absolute Gasteiger partial charge is 0.493 e. The third kappa shape index (κ3) is 5.64. The number of pyridine rings is 1. The number of rotatable bonds is 8. The molecule has 0 aliphatic heterocycles. The Bertz CT molecular complexity index is 741. The first-order valence-electron chi connectivity index (χ1n) is 8.31. The highest BCUT2D eigenvalue weighted by atomic mass is 16.5. The van der Waals surface area contributed by atoms with E-state index in [2.05, 4.69) is 17.2 Å². The second-order valence-electron chi connectivity index (χ2n) is 5.58. The number of nitrogens with one attached hydrogen (secondary N) is 1. The van der Waals surface area contributed by atoms with Crippen molar-refractivity contribution in [3.63, 3.8) is 0 Å². The average Bonchev–Trinajstić information content (AvgIpc) is 2.64. The van der Waals surface area contributed by atoms with Gasteiger partial charge < -0.3 is 14.8 Å². The Morgan fingerprint density at radius 1 is 1.28 bits per heavy atom. The molecule has 1 heterocycles. The predicted octanol–water partition coefficient (Wildman–Crippen LogP) is 3.52. The minimum atomic E-state index is -0.171. The van der Waals surface area contributed by atoms with Gasteiger partial charge in [-0.2, -0.15) is 0 Å². The molecule has 0 atom stereocenters. The molecule has 5 heteroatoms. The fourth-order valence-electron chi connectivity index (χ4n) is 2.22. The Labute approximate surface area is 148 Å². The molecule has 0 bridgehead atoms. The fraction of sp³-hybridized carbons (Fsp3) is 0.300. The number of ether oxygens (including phenoxy) is 2. The summed E-state index contributed by atoms with van der Waals surface area (Å²) in [6, 6.07) is 9.43. The van der Waals surface area contributed by atoms with Crippen LogP contribution in [0.5, 0.6) is 11.5 Å². The fourth-order valence-corrected chi connectivity index (χ4v) is 2.22. The maximum absolute atomic E-state index is 12.0. The molecule has 2 aromatic rings. The van der Waals surface area contributed by atoms with E-state index in [1.165, 1.54) is 6.08 Å². The van der Waals surface area contributed by atoms with E-state index in [1.807, 2.05) is 37.3 Å². The third-order valence-corrected chi connectivity index (χ3v) is 3.62. The van der Waals surface area contributed by atoms with E-state index in [0.29, 0.717) is 24.7 Å². The van der Waals surface area contributed by atoms with Crippen molar-refractivity contribution in [3.8, 4) is 11.5 Å². The lowest BCUT2D eigenvalue weighted by Gasteiger charge is -2.10. The lowest BCUT2D eigenvalue weighted by molar-refractivity contribution is -0.116. The second kappa shape index (κ2) is 9.47. The molecule has 132 valence electrons. The molecule has 5 nitrogen and oxygen atoms in total. The SMILES string of the molecule is CCCOc1ccc(C=CC(=O)NCc2ncccc2C)cc1OC. The number of amides is 1. The topological polar surface area (TPSA) is 60.5 Å². The molecule has 2 rings (SSSR count). The molecule has 0 spiro atoms. The first-order valence-corrected chi connectivity index (χ1v) is 8.31. The number of hydrogen-bond donors (Lipinski definition) is 1. The van der Waals surface area contributed by atoms with Crippen molar-refractivity contribution in [1.82, 2.24) is 10.3 Å². The van der Waals surface area contributed by atoms with Crippen molar-refractivity contribution in [3.05, 3.63) is 59.4 Å². The molecular formula is C20H24N2O3. The number of carbonyl (C=O) groups is 1. The summed E-state index contributed by atoms with van der Waals surface area (Å²) in [6.45, 7) is 5.07. The first kappa shape index (κ1) is 18.5. The Morgan fingerprint density at radius 3 is 2.84 bits per heavy atom. The monoisotopic (exact) mass is 340 g/mol. The number of nitrogens with zero attached hydrogens (tertiary/aromatic N) is 1.